The number of nitrogens with one attached hydrogen (secondary N) is 1. The van der Waals surface area contributed by atoms with Crippen molar-refractivity contribution in [1.29, 1.82) is 0 Å². The quantitative estimate of drug-likeness (QED) is 0.677. The van der Waals surface area contributed by atoms with Gasteiger partial charge < -0.3 is 10.2 Å². The molecule has 2 heterocycles. The van der Waals surface area contributed by atoms with E-state index in [9.17, 15) is 0 Å². The molecule has 2 rings (SSSR count). The molecule has 5 heteroatoms. The Bertz CT molecular complexity index is 433. The Balaban J connectivity index is 2.25. The first-order valence-corrected chi connectivity index (χ1v) is 8.18. The van der Waals surface area contributed by atoms with Gasteiger partial charge in [0.15, 0.2) is 5.16 Å². The van der Waals surface area contributed by atoms with Crippen molar-refractivity contribution in [3.8, 4) is 0 Å². The molecule has 0 unspecified atom stereocenters. The van der Waals surface area contributed by atoms with Gasteiger partial charge in [0.2, 0.25) is 0 Å². The van der Waals surface area contributed by atoms with Crippen molar-refractivity contribution in [2.75, 3.05) is 36.1 Å². The van der Waals surface area contributed by atoms with E-state index in [1.165, 1.54) is 12.8 Å². The summed E-state index contributed by atoms with van der Waals surface area (Å²) < 4.78 is 0. The predicted molar refractivity (Wildman–Crippen MR) is 83.2 cm³/mol. The first kappa shape index (κ1) is 14.4. The van der Waals surface area contributed by atoms with E-state index in [1.807, 2.05) is 6.26 Å². The first-order valence-electron chi connectivity index (χ1n) is 6.96. The molecule has 0 radical (unpaired) electrons. The van der Waals surface area contributed by atoms with E-state index < -0.39 is 0 Å². The molecule has 1 fully saturated rings. The third-order valence-corrected chi connectivity index (χ3v) is 4.00. The molecule has 19 heavy (non-hydrogen) atoms. The fraction of sp³-hybridized carbons (Fsp3) is 0.714. The number of thioether (sulfide) groups is 1. The monoisotopic (exact) mass is 280 g/mol. The van der Waals surface area contributed by atoms with Crippen LogP contribution in [0.1, 0.15) is 33.6 Å². The summed E-state index contributed by atoms with van der Waals surface area (Å²) in [4.78, 5) is 11.5. The average molecular weight is 280 g/mol. The molecule has 1 N–H and O–H groups in total. The summed E-state index contributed by atoms with van der Waals surface area (Å²) in [7, 11) is 0. The highest BCUT2D eigenvalue weighted by Crippen LogP contribution is 2.31. The first-order chi connectivity index (χ1) is 9.04. The van der Waals surface area contributed by atoms with Crippen LogP contribution < -0.4 is 10.2 Å². The maximum atomic E-state index is 4.66. The molecule has 1 aliphatic rings. The minimum atomic E-state index is 0.376. The number of hydrogen-bond acceptors (Lipinski definition) is 5. The maximum Gasteiger partial charge on any atom is 0.191 e. The largest absolute Gasteiger partial charge is 0.370 e. The summed E-state index contributed by atoms with van der Waals surface area (Å²) in [6, 6.07) is 2.07. The average Bonchev–Trinajstić information content (AvgIpc) is 2.37. The van der Waals surface area contributed by atoms with E-state index >= 15 is 0 Å². The van der Waals surface area contributed by atoms with Crippen LogP contribution in [0.5, 0.6) is 0 Å². The number of piperidine rings is 1. The molecule has 0 bridgehead atoms. The Kier molecular flexibility index (Phi) is 4.55. The molecule has 4 nitrogen and oxygen atoms in total. The van der Waals surface area contributed by atoms with Crippen molar-refractivity contribution >= 4 is 23.4 Å². The van der Waals surface area contributed by atoms with Gasteiger partial charge in [-0.15, -0.1) is 0 Å². The second-order valence-corrected chi connectivity index (χ2v) is 6.59. The van der Waals surface area contributed by atoms with Crippen LogP contribution in [-0.4, -0.2) is 35.9 Å². The number of hydrogen-bond donors (Lipinski definition) is 1. The van der Waals surface area contributed by atoms with Crippen LogP contribution in [0.25, 0.3) is 0 Å². The van der Waals surface area contributed by atoms with E-state index in [-0.39, 0.29) is 0 Å². The summed E-state index contributed by atoms with van der Waals surface area (Å²) in [5.41, 5.74) is 0.376. The highest BCUT2D eigenvalue weighted by molar-refractivity contribution is 7.98. The number of aromatic nitrogens is 2. The second-order valence-electron chi connectivity index (χ2n) is 5.82. The van der Waals surface area contributed by atoms with Crippen LogP contribution in [-0.2, 0) is 0 Å². The Morgan fingerprint density at radius 2 is 2.21 bits per heavy atom. The van der Waals surface area contributed by atoms with Crippen LogP contribution >= 0.6 is 11.8 Å². The van der Waals surface area contributed by atoms with E-state index in [0.29, 0.717) is 5.41 Å². The summed E-state index contributed by atoms with van der Waals surface area (Å²) in [5.74, 6) is 1.99. The minimum Gasteiger partial charge on any atom is -0.370 e. The summed E-state index contributed by atoms with van der Waals surface area (Å²) in [5, 5.41) is 4.14. The van der Waals surface area contributed by atoms with E-state index in [0.717, 1.165) is 36.4 Å². The molecule has 1 saturated heterocycles. The fourth-order valence-electron chi connectivity index (χ4n) is 2.56. The van der Waals surface area contributed by atoms with Crippen LogP contribution in [0, 0.1) is 5.41 Å². The van der Waals surface area contributed by atoms with E-state index in [1.54, 1.807) is 11.8 Å². The molecule has 0 spiro atoms. The Morgan fingerprint density at radius 3 is 2.84 bits per heavy atom. The topological polar surface area (TPSA) is 41.0 Å². The fourth-order valence-corrected chi connectivity index (χ4v) is 2.93. The van der Waals surface area contributed by atoms with Crippen LogP contribution in [0.2, 0.25) is 0 Å². The van der Waals surface area contributed by atoms with Gasteiger partial charge in [0, 0.05) is 25.7 Å². The molecular weight excluding hydrogens is 256 g/mol. The zero-order chi connectivity index (χ0) is 13.9. The van der Waals surface area contributed by atoms with Crippen molar-refractivity contribution in [3.05, 3.63) is 6.07 Å². The molecule has 1 aromatic heterocycles. The van der Waals surface area contributed by atoms with E-state index in [2.05, 4.69) is 47.0 Å². The van der Waals surface area contributed by atoms with Crippen LogP contribution in [0.15, 0.2) is 11.2 Å². The normalized spacial score (nSPS) is 18.4. The lowest BCUT2D eigenvalue weighted by Gasteiger charge is -2.38. The van der Waals surface area contributed by atoms with Crippen LogP contribution in [0.4, 0.5) is 11.6 Å². The standard InChI is InChI=1S/C14H24N4S/c1-5-15-11-9-12(17-13(16-11)19-4)18-8-6-7-14(2,3)10-18/h9H,5-8,10H2,1-4H3,(H,15,16,17). The Labute approximate surface area is 120 Å². The summed E-state index contributed by atoms with van der Waals surface area (Å²) in [6.07, 6.45) is 4.56. The lowest BCUT2D eigenvalue weighted by molar-refractivity contribution is 0.292. The van der Waals surface area contributed by atoms with Gasteiger partial charge in [-0.05, 0) is 31.4 Å². The molecule has 1 aliphatic heterocycles. The Hall–Kier alpha value is -0.970. The Morgan fingerprint density at radius 1 is 1.42 bits per heavy atom. The van der Waals surface area contributed by atoms with Crippen molar-refractivity contribution in [3.63, 3.8) is 0 Å². The molecule has 0 aliphatic carbocycles. The van der Waals surface area contributed by atoms with Crippen molar-refractivity contribution in [2.45, 2.75) is 38.8 Å². The number of anilines is 2. The smallest absolute Gasteiger partial charge is 0.191 e. The molecule has 0 amide bonds. The lowest BCUT2D eigenvalue weighted by Crippen LogP contribution is -2.40. The van der Waals surface area contributed by atoms with Gasteiger partial charge in [-0.1, -0.05) is 25.6 Å². The van der Waals surface area contributed by atoms with Crippen molar-refractivity contribution < 1.29 is 0 Å². The third-order valence-electron chi connectivity index (χ3n) is 3.46. The molecule has 0 aromatic carbocycles. The van der Waals surface area contributed by atoms with Gasteiger partial charge >= 0.3 is 0 Å². The number of rotatable bonds is 4. The minimum absolute atomic E-state index is 0.376. The summed E-state index contributed by atoms with van der Waals surface area (Å²) >= 11 is 1.60. The molecular formula is C14H24N4S. The van der Waals surface area contributed by atoms with E-state index in [4.69, 9.17) is 0 Å². The molecule has 106 valence electrons. The van der Waals surface area contributed by atoms with Gasteiger partial charge in [0.05, 0.1) is 0 Å². The van der Waals surface area contributed by atoms with Gasteiger partial charge in [0.1, 0.15) is 11.6 Å². The van der Waals surface area contributed by atoms with Crippen LogP contribution in [0.3, 0.4) is 0 Å². The van der Waals surface area contributed by atoms with Gasteiger partial charge in [-0.3, -0.25) is 0 Å². The third kappa shape index (κ3) is 3.75. The molecule has 0 saturated carbocycles. The molecule has 0 atom stereocenters. The van der Waals surface area contributed by atoms with Crippen molar-refractivity contribution in [1.82, 2.24) is 9.97 Å². The van der Waals surface area contributed by atoms with Gasteiger partial charge in [-0.2, -0.15) is 0 Å². The summed E-state index contributed by atoms with van der Waals surface area (Å²) in [6.45, 7) is 9.81. The zero-order valence-corrected chi connectivity index (χ0v) is 13.2. The second kappa shape index (κ2) is 5.99. The maximum absolute atomic E-state index is 4.66. The highest BCUT2D eigenvalue weighted by Gasteiger charge is 2.27. The zero-order valence-electron chi connectivity index (χ0n) is 12.4. The van der Waals surface area contributed by atoms with Gasteiger partial charge in [-0.25, -0.2) is 9.97 Å². The predicted octanol–water partition coefficient (Wildman–Crippen LogP) is 3.26. The number of nitrogens with zero attached hydrogens (tertiary/aromatic N) is 3. The van der Waals surface area contributed by atoms with Gasteiger partial charge in [0.25, 0.3) is 0 Å². The molecule has 1 aromatic rings. The lowest BCUT2D eigenvalue weighted by atomic mass is 9.84. The van der Waals surface area contributed by atoms with Crippen molar-refractivity contribution in [2.24, 2.45) is 5.41 Å². The SMILES string of the molecule is CCNc1cc(N2CCCC(C)(C)C2)nc(SC)n1. The highest BCUT2D eigenvalue weighted by atomic mass is 32.2.